The fourth-order valence-electron chi connectivity index (χ4n) is 1.80. The van der Waals surface area contributed by atoms with Gasteiger partial charge in [-0.3, -0.25) is 4.79 Å². The third-order valence-corrected chi connectivity index (χ3v) is 3.51. The van der Waals surface area contributed by atoms with Crippen LogP contribution in [0.4, 0.5) is 0 Å². The van der Waals surface area contributed by atoms with E-state index >= 15 is 0 Å². The molecule has 0 aliphatic heterocycles. The van der Waals surface area contributed by atoms with Crippen LogP contribution in [0.5, 0.6) is 0 Å². The van der Waals surface area contributed by atoms with Gasteiger partial charge in [-0.25, -0.2) is 0 Å². The van der Waals surface area contributed by atoms with Crippen molar-refractivity contribution in [2.45, 2.75) is 6.10 Å². The molecule has 1 aromatic carbocycles. The van der Waals surface area contributed by atoms with E-state index in [1.54, 1.807) is 23.5 Å². The summed E-state index contributed by atoms with van der Waals surface area (Å²) in [5.74, 6) is -0.126. The number of hydrogen-bond acceptors (Lipinski definition) is 4. The van der Waals surface area contributed by atoms with Crippen LogP contribution >= 0.6 is 11.3 Å². The molecule has 1 aromatic heterocycles. The van der Waals surface area contributed by atoms with Crippen LogP contribution in [0.3, 0.4) is 0 Å². The molecule has 0 saturated carbocycles. The maximum Gasteiger partial charge on any atom is 0.251 e. The summed E-state index contributed by atoms with van der Waals surface area (Å²) in [6.07, 6.45) is -0.235. The predicted octanol–water partition coefficient (Wildman–Crippen LogP) is 2.23. The van der Waals surface area contributed by atoms with Gasteiger partial charge < -0.3 is 15.2 Å². The number of carbonyl (C=O) groups is 1. The van der Waals surface area contributed by atoms with Crippen molar-refractivity contribution < 1.29 is 14.6 Å². The van der Waals surface area contributed by atoms with E-state index in [9.17, 15) is 4.79 Å². The van der Waals surface area contributed by atoms with Crippen molar-refractivity contribution >= 4 is 17.2 Å². The number of carbonyl (C=O) groups excluding carboxylic acids is 1. The van der Waals surface area contributed by atoms with Crippen molar-refractivity contribution in [1.29, 1.82) is 0 Å². The number of amides is 1. The van der Waals surface area contributed by atoms with Crippen LogP contribution < -0.4 is 5.32 Å². The molecule has 2 rings (SSSR count). The molecule has 0 saturated heterocycles. The molecule has 1 amide bonds. The van der Waals surface area contributed by atoms with Crippen molar-refractivity contribution in [1.82, 2.24) is 5.32 Å². The Morgan fingerprint density at radius 3 is 2.75 bits per heavy atom. The number of benzene rings is 1. The predicted molar refractivity (Wildman–Crippen MR) is 78.9 cm³/mol. The van der Waals surface area contributed by atoms with E-state index in [-0.39, 0.29) is 25.2 Å². The minimum absolute atomic E-state index is 0.0345. The molecule has 2 N–H and O–H groups in total. The molecular formula is C15H17NO3S. The highest BCUT2D eigenvalue weighted by atomic mass is 32.1. The Morgan fingerprint density at radius 1 is 1.30 bits per heavy atom. The number of thiophene rings is 1. The van der Waals surface area contributed by atoms with Gasteiger partial charge in [0.05, 0.1) is 13.2 Å². The van der Waals surface area contributed by atoms with Crippen molar-refractivity contribution in [3.63, 3.8) is 0 Å². The zero-order valence-corrected chi connectivity index (χ0v) is 11.8. The van der Waals surface area contributed by atoms with E-state index in [1.807, 2.05) is 35.0 Å². The average molecular weight is 291 g/mol. The molecule has 0 spiro atoms. The monoisotopic (exact) mass is 291 g/mol. The lowest BCUT2D eigenvalue weighted by Gasteiger charge is -2.17. The number of aliphatic hydroxyl groups is 1. The van der Waals surface area contributed by atoms with Crippen molar-refractivity contribution in [3.05, 3.63) is 58.3 Å². The second-order valence-corrected chi connectivity index (χ2v) is 5.00. The first-order chi connectivity index (χ1) is 9.81. The molecule has 0 radical (unpaired) electrons. The SMILES string of the molecule is O=C(NC[C@@H](OCCO)c1ccsc1)c1ccccc1. The number of hydrogen-bond donors (Lipinski definition) is 2. The number of ether oxygens (including phenoxy) is 1. The molecule has 20 heavy (non-hydrogen) atoms. The summed E-state index contributed by atoms with van der Waals surface area (Å²) in [6, 6.07) is 11.0. The zero-order valence-electron chi connectivity index (χ0n) is 11.0. The van der Waals surface area contributed by atoms with Crippen molar-refractivity contribution in [3.8, 4) is 0 Å². The van der Waals surface area contributed by atoms with Crippen LogP contribution in [0.2, 0.25) is 0 Å². The van der Waals surface area contributed by atoms with Gasteiger partial charge in [0, 0.05) is 12.1 Å². The summed E-state index contributed by atoms with van der Waals surface area (Å²) in [5, 5.41) is 15.7. The van der Waals surface area contributed by atoms with Gasteiger partial charge in [-0.15, -0.1) is 0 Å². The molecule has 1 atom stereocenters. The summed E-state index contributed by atoms with van der Waals surface area (Å²) in [6.45, 7) is 0.597. The van der Waals surface area contributed by atoms with Gasteiger partial charge in [0.15, 0.2) is 0 Å². The minimum Gasteiger partial charge on any atom is -0.394 e. The fourth-order valence-corrected chi connectivity index (χ4v) is 2.50. The van der Waals surface area contributed by atoms with E-state index in [4.69, 9.17) is 9.84 Å². The molecular weight excluding hydrogens is 274 g/mol. The fraction of sp³-hybridized carbons (Fsp3) is 0.267. The molecule has 0 bridgehead atoms. The maximum atomic E-state index is 12.0. The van der Waals surface area contributed by atoms with Gasteiger partial charge in [0.1, 0.15) is 6.10 Å². The number of nitrogens with one attached hydrogen (secondary N) is 1. The molecule has 0 aliphatic carbocycles. The molecule has 4 nitrogen and oxygen atoms in total. The molecule has 1 heterocycles. The van der Waals surface area contributed by atoms with Crippen LogP contribution in [0.25, 0.3) is 0 Å². The second-order valence-electron chi connectivity index (χ2n) is 4.22. The molecule has 0 fully saturated rings. The Balaban J connectivity index is 1.93. The highest BCUT2D eigenvalue weighted by Gasteiger charge is 2.14. The van der Waals surface area contributed by atoms with Crippen LogP contribution in [-0.4, -0.2) is 30.8 Å². The number of aliphatic hydroxyl groups excluding tert-OH is 1. The Morgan fingerprint density at radius 2 is 2.10 bits per heavy atom. The van der Waals surface area contributed by atoms with Gasteiger partial charge >= 0.3 is 0 Å². The summed E-state index contributed by atoms with van der Waals surface area (Å²) in [7, 11) is 0. The van der Waals surface area contributed by atoms with E-state index in [2.05, 4.69) is 5.32 Å². The standard InChI is InChI=1S/C15H17NO3S/c17-7-8-19-14(13-6-9-20-11-13)10-16-15(18)12-4-2-1-3-5-12/h1-6,9,11,14,17H,7-8,10H2,(H,16,18)/t14-/m1/s1. The molecule has 5 heteroatoms. The van der Waals surface area contributed by atoms with Crippen molar-refractivity contribution in [2.75, 3.05) is 19.8 Å². The van der Waals surface area contributed by atoms with Crippen LogP contribution in [0.1, 0.15) is 22.0 Å². The smallest absolute Gasteiger partial charge is 0.251 e. The van der Waals surface area contributed by atoms with Crippen molar-refractivity contribution in [2.24, 2.45) is 0 Å². The first-order valence-corrected chi connectivity index (χ1v) is 7.33. The molecule has 2 aromatic rings. The van der Waals surface area contributed by atoms with E-state index in [0.29, 0.717) is 12.1 Å². The lowest BCUT2D eigenvalue weighted by molar-refractivity contribution is 0.0279. The topological polar surface area (TPSA) is 58.6 Å². The van der Waals surface area contributed by atoms with Gasteiger partial charge in [-0.05, 0) is 34.5 Å². The third kappa shape index (κ3) is 4.16. The Hall–Kier alpha value is -1.69. The van der Waals surface area contributed by atoms with Gasteiger partial charge in [0.25, 0.3) is 5.91 Å². The molecule has 0 unspecified atom stereocenters. The first kappa shape index (κ1) is 14.7. The average Bonchev–Trinajstić information content (AvgIpc) is 3.02. The Labute approximate surface area is 122 Å². The highest BCUT2D eigenvalue weighted by molar-refractivity contribution is 7.07. The normalized spacial score (nSPS) is 12.1. The maximum absolute atomic E-state index is 12.0. The molecule has 0 aliphatic rings. The second kappa shape index (κ2) is 7.79. The Bertz CT molecular complexity index is 513. The summed E-state index contributed by atoms with van der Waals surface area (Å²) in [5.41, 5.74) is 1.63. The van der Waals surface area contributed by atoms with Gasteiger partial charge in [0.2, 0.25) is 0 Å². The molecule has 106 valence electrons. The summed E-state index contributed by atoms with van der Waals surface area (Å²) < 4.78 is 5.56. The largest absolute Gasteiger partial charge is 0.394 e. The quantitative estimate of drug-likeness (QED) is 0.822. The van der Waals surface area contributed by atoms with Gasteiger partial charge in [-0.1, -0.05) is 18.2 Å². The van der Waals surface area contributed by atoms with Crippen LogP contribution in [0.15, 0.2) is 47.2 Å². The lowest BCUT2D eigenvalue weighted by atomic mass is 10.1. The summed E-state index contributed by atoms with van der Waals surface area (Å²) in [4.78, 5) is 12.0. The van der Waals surface area contributed by atoms with Gasteiger partial charge in [-0.2, -0.15) is 11.3 Å². The van der Waals surface area contributed by atoms with Crippen LogP contribution in [0, 0.1) is 0 Å². The third-order valence-electron chi connectivity index (χ3n) is 2.81. The van der Waals surface area contributed by atoms with E-state index in [0.717, 1.165) is 5.56 Å². The number of rotatable bonds is 7. The van der Waals surface area contributed by atoms with E-state index in [1.165, 1.54) is 0 Å². The lowest BCUT2D eigenvalue weighted by Crippen LogP contribution is -2.29. The first-order valence-electron chi connectivity index (χ1n) is 6.39. The Kier molecular flexibility index (Phi) is 5.73. The zero-order chi connectivity index (χ0) is 14.2. The highest BCUT2D eigenvalue weighted by Crippen LogP contribution is 2.19. The minimum atomic E-state index is -0.235. The summed E-state index contributed by atoms with van der Waals surface area (Å²) >= 11 is 1.58. The van der Waals surface area contributed by atoms with Crippen LogP contribution in [-0.2, 0) is 4.74 Å². The van der Waals surface area contributed by atoms with E-state index < -0.39 is 0 Å².